The maximum atomic E-state index is 3.18. The lowest BCUT2D eigenvalue weighted by atomic mass is 11.0. The van der Waals surface area contributed by atoms with Crippen molar-refractivity contribution in [2.75, 3.05) is 5.75 Å². The Morgan fingerprint density at radius 1 is 1.75 bits per heavy atom. The van der Waals surface area contributed by atoms with E-state index in [0.29, 0.717) is 0 Å². The minimum absolute atomic E-state index is 0. The molecule has 0 spiro atoms. The van der Waals surface area contributed by atoms with Crippen molar-refractivity contribution in [1.82, 2.24) is 0 Å². The van der Waals surface area contributed by atoms with Gasteiger partial charge in [-0.1, -0.05) is 0 Å². The summed E-state index contributed by atoms with van der Waals surface area (Å²) in [6, 6.07) is 0. The van der Waals surface area contributed by atoms with Crippen molar-refractivity contribution >= 4 is 12.6 Å². The number of hydrogen-bond donors (Lipinski definition) is 0. The van der Waals surface area contributed by atoms with E-state index >= 15 is 0 Å². The van der Waals surface area contributed by atoms with Gasteiger partial charge in [-0.05, 0) is 19.6 Å². The second-order valence-electron chi connectivity index (χ2n) is 0.354. The minimum atomic E-state index is 0. The summed E-state index contributed by atoms with van der Waals surface area (Å²) in [6.07, 6.45) is 0. The van der Waals surface area contributed by atoms with E-state index in [9.17, 15) is 0 Å². The number of halogens is 1. The van der Waals surface area contributed by atoms with Crippen LogP contribution in [0.15, 0.2) is 0 Å². The molecule has 4 heavy (non-hydrogen) atoms. The maximum Gasteiger partial charge on any atom is 0.100 e. The van der Waals surface area contributed by atoms with Crippen molar-refractivity contribution < 1.29 is 17.0 Å². The third-order valence-corrected chi connectivity index (χ3v) is 0. The van der Waals surface area contributed by atoms with E-state index in [2.05, 4.69) is 12.6 Å². The molecule has 0 saturated heterocycles. The van der Waals surface area contributed by atoms with Gasteiger partial charge in [0.05, 0.1) is 0 Å². The first-order chi connectivity index (χ1) is 1.41. The fourth-order valence-corrected chi connectivity index (χ4v) is 0. The third-order valence-electron chi connectivity index (χ3n) is 0. The van der Waals surface area contributed by atoms with Crippen LogP contribution >= 0.6 is 0 Å². The largest absolute Gasteiger partial charge is 1.00 e. The van der Waals surface area contributed by atoms with Crippen LogP contribution in [0.4, 0.5) is 0 Å². The molecular formula is C2H7BrS. The highest BCUT2D eigenvalue weighted by Gasteiger charge is 1.45. The van der Waals surface area contributed by atoms with Crippen molar-refractivity contribution in [1.29, 1.82) is 0 Å². The van der Waals surface area contributed by atoms with Gasteiger partial charge >= 0.3 is 0 Å². The lowest BCUT2D eigenvalue weighted by molar-refractivity contribution is -0.000000633. The Kier molecular flexibility index (Phi) is 20.3. The highest BCUT2D eigenvalue weighted by Crippen LogP contribution is 1.36. The molecule has 0 N–H and O–H groups in total. The van der Waals surface area contributed by atoms with Gasteiger partial charge in [0.25, 0.3) is 0 Å². The van der Waals surface area contributed by atoms with Crippen LogP contribution in [0.5, 0.6) is 0 Å². The summed E-state index contributed by atoms with van der Waals surface area (Å²) in [5.41, 5.74) is 0. The van der Waals surface area contributed by atoms with Gasteiger partial charge < -0.3 is 17.0 Å². The standard InChI is InChI=1S/C2H6S.BrH/c1-2-3;/h3H,2H2,1H3;1H. The Morgan fingerprint density at radius 3 is 1.75 bits per heavy atom. The van der Waals surface area contributed by atoms with Crippen LogP contribution in [0.1, 0.15) is 6.92 Å². The Bertz CT molecular complexity index is 6.00. The van der Waals surface area contributed by atoms with Gasteiger partial charge in [-0.15, -0.1) is 0 Å². The Labute approximate surface area is 42.8 Å². The molecule has 0 saturated carbocycles. The lowest BCUT2D eigenvalue weighted by Gasteiger charge is -1.38. The smallest absolute Gasteiger partial charge is 0.100 e. The molecule has 2 heteroatoms. The summed E-state index contributed by atoms with van der Waals surface area (Å²) in [5, 5.41) is 0. The van der Waals surface area contributed by atoms with Gasteiger partial charge in [0.2, 0.25) is 0 Å². The first-order valence-corrected chi connectivity index (χ1v) is 1.77. The average molecular weight is 143 g/mol. The molecule has 0 aliphatic rings. The van der Waals surface area contributed by atoms with Crippen LogP contribution < -0.4 is 17.0 Å². The monoisotopic (exact) mass is 142 g/mol. The molecule has 0 aromatic heterocycles. The first kappa shape index (κ1) is 8.85. The molecule has 28 valence electrons. The molecule has 0 aliphatic carbocycles. The van der Waals surface area contributed by atoms with Crippen LogP contribution in [-0.4, -0.2) is 5.75 Å². The minimum Gasteiger partial charge on any atom is -1.00 e. The van der Waals surface area contributed by atoms with E-state index < -0.39 is 0 Å². The fraction of sp³-hybridized carbons (Fsp3) is 1.00. The van der Waals surface area contributed by atoms with Crippen molar-refractivity contribution in [3.05, 3.63) is 0 Å². The maximum absolute atomic E-state index is 3.18. The normalized spacial score (nSPS) is 4.50. The fourth-order valence-electron chi connectivity index (χ4n) is 0. The van der Waals surface area contributed by atoms with Gasteiger partial charge in [-0.2, -0.15) is 0 Å². The van der Waals surface area contributed by atoms with Crippen LogP contribution in [0.3, 0.4) is 0 Å². The molecule has 0 amide bonds. The molecule has 0 bridgehead atoms. The summed E-state index contributed by atoms with van der Waals surface area (Å²) in [6.45, 7) is 2.04. The van der Waals surface area contributed by atoms with Gasteiger partial charge in [-0.3, -0.25) is 0 Å². The molecule has 0 aromatic carbocycles. The first-order valence-electron chi connectivity index (χ1n) is 1.06. The Hall–Kier alpha value is 0.830. The van der Waals surface area contributed by atoms with E-state index in [1.165, 1.54) is 0 Å². The summed E-state index contributed by atoms with van der Waals surface area (Å²) in [5.74, 6) is 1.06. The Morgan fingerprint density at radius 2 is 1.75 bits per heavy atom. The van der Waals surface area contributed by atoms with E-state index in [1.54, 1.807) is 0 Å². The van der Waals surface area contributed by atoms with Crippen LogP contribution in [-0.2, 0) is 12.6 Å². The molecule has 0 aromatic rings. The number of rotatable bonds is 0. The zero-order chi connectivity index (χ0) is 2.71. The average Bonchev–Trinajstić information content (AvgIpc) is 0.918. The van der Waals surface area contributed by atoms with Gasteiger partial charge in [0, 0.05) is 0 Å². The molecule has 0 rings (SSSR count). The predicted molar refractivity (Wildman–Crippen MR) is 20.7 cm³/mol. The van der Waals surface area contributed by atoms with Gasteiger partial charge in [-0.25, -0.2) is 0 Å². The van der Waals surface area contributed by atoms with Gasteiger partial charge in [0.15, 0.2) is 0 Å². The highest BCUT2D eigenvalue weighted by molar-refractivity contribution is 7.58. The van der Waals surface area contributed by atoms with E-state index in [-0.39, 0.29) is 17.0 Å². The summed E-state index contributed by atoms with van der Waals surface area (Å²) >= 11 is 3.18. The quantitative estimate of drug-likeness (QED) is 0.317. The molecular weight excluding hydrogens is 136 g/mol. The molecule has 0 unspecified atom stereocenters. The molecule has 0 fully saturated rings. The lowest BCUT2D eigenvalue weighted by Crippen LogP contribution is -3.00. The molecule has 0 radical (unpaired) electrons. The van der Waals surface area contributed by atoms with Crippen molar-refractivity contribution in [3.63, 3.8) is 0 Å². The SMILES string of the molecule is CC[SH2+].[Br-]. The molecule has 0 aliphatic heterocycles. The summed E-state index contributed by atoms with van der Waals surface area (Å²) in [4.78, 5) is 0. The van der Waals surface area contributed by atoms with Gasteiger partial charge in [0.1, 0.15) is 5.75 Å². The molecule has 0 atom stereocenters. The van der Waals surface area contributed by atoms with E-state index in [0.717, 1.165) is 5.75 Å². The zero-order valence-electron chi connectivity index (χ0n) is 2.59. The predicted octanol–water partition coefficient (Wildman–Crippen LogP) is -2.98. The topological polar surface area (TPSA) is 0 Å². The van der Waals surface area contributed by atoms with Crippen molar-refractivity contribution in [2.24, 2.45) is 0 Å². The van der Waals surface area contributed by atoms with E-state index in [4.69, 9.17) is 0 Å². The van der Waals surface area contributed by atoms with Crippen molar-refractivity contribution in [2.45, 2.75) is 6.92 Å². The number of hydrogen-bond acceptors (Lipinski definition) is 0. The third kappa shape index (κ3) is 13.8. The van der Waals surface area contributed by atoms with Crippen molar-refractivity contribution in [3.8, 4) is 0 Å². The molecule has 0 heterocycles. The summed E-state index contributed by atoms with van der Waals surface area (Å²) < 4.78 is 0. The highest BCUT2D eigenvalue weighted by atomic mass is 79.9. The van der Waals surface area contributed by atoms with Crippen LogP contribution in [0, 0.1) is 0 Å². The second kappa shape index (κ2) is 9.16. The Balaban J connectivity index is 0. The zero-order valence-corrected chi connectivity index (χ0v) is 5.17. The van der Waals surface area contributed by atoms with E-state index in [1.807, 2.05) is 6.92 Å². The van der Waals surface area contributed by atoms with Crippen LogP contribution in [0.25, 0.3) is 0 Å². The van der Waals surface area contributed by atoms with Crippen LogP contribution in [0.2, 0.25) is 0 Å². The molecule has 0 nitrogen and oxygen atoms in total. The summed E-state index contributed by atoms with van der Waals surface area (Å²) in [7, 11) is 0. The second-order valence-corrected chi connectivity index (χ2v) is 1.06.